The molecule has 0 atom stereocenters. The quantitative estimate of drug-likeness (QED) is 0.138. The minimum absolute atomic E-state index is 0.106. The van der Waals surface area contributed by atoms with Crippen LogP contribution in [-0.2, 0) is 5.41 Å². The summed E-state index contributed by atoms with van der Waals surface area (Å²) < 4.78 is 0. The topological polar surface area (TPSA) is 25.8 Å². The molecule has 51 heavy (non-hydrogen) atoms. The van der Waals surface area contributed by atoms with Crippen LogP contribution in [0.5, 0.6) is 0 Å². The molecule has 11 rings (SSSR count). The van der Waals surface area contributed by atoms with Crippen LogP contribution in [0.3, 0.4) is 0 Å². The van der Waals surface area contributed by atoms with E-state index in [0.717, 1.165) is 44.1 Å². The monoisotopic (exact) mass is 648 g/mol. The Kier molecular flexibility index (Phi) is 5.76. The van der Waals surface area contributed by atoms with Crippen molar-refractivity contribution in [2.24, 2.45) is 0 Å². The molecule has 0 N–H and O–H groups in total. The molecular weight excluding hydrogens is 617 g/mol. The van der Waals surface area contributed by atoms with Crippen LogP contribution in [-0.4, -0.2) is 9.97 Å². The number of para-hydroxylation sites is 1. The number of hydrogen-bond acceptors (Lipinski definition) is 2. The molecule has 238 valence electrons. The lowest BCUT2D eigenvalue weighted by atomic mass is 9.81. The molecule has 0 bridgehead atoms. The number of pyridine rings is 2. The molecule has 0 spiro atoms. The van der Waals surface area contributed by atoms with Crippen LogP contribution in [0.25, 0.3) is 98.5 Å². The van der Waals surface area contributed by atoms with E-state index >= 15 is 0 Å². The lowest BCUT2D eigenvalue weighted by molar-refractivity contribution is 0.661. The zero-order valence-corrected chi connectivity index (χ0v) is 28.4. The summed E-state index contributed by atoms with van der Waals surface area (Å²) in [5.41, 5.74) is 12.8. The van der Waals surface area contributed by atoms with Crippen LogP contribution in [0.2, 0.25) is 0 Å². The second kappa shape index (κ2) is 10.3. The predicted octanol–water partition coefficient (Wildman–Crippen LogP) is 13.0. The van der Waals surface area contributed by atoms with Gasteiger partial charge in [-0.05, 0) is 68.2 Å². The molecule has 0 radical (unpaired) electrons. The maximum atomic E-state index is 5.43. The first-order valence-electron chi connectivity index (χ1n) is 17.8. The molecule has 0 unspecified atom stereocenters. The molecule has 0 saturated heterocycles. The summed E-state index contributed by atoms with van der Waals surface area (Å²) in [5, 5.41) is 10.6. The maximum absolute atomic E-state index is 5.43. The normalized spacial score (nSPS) is 13.5. The fraction of sp³-hybridized carbons (Fsp3) is 0.0612. The van der Waals surface area contributed by atoms with E-state index in [1.807, 2.05) is 0 Å². The van der Waals surface area contributed by atoms with Crippen molar-refractivity contribution in [3.05, 3.63) is 169 Å². The van der Waals surface area contributed by atoms with Gasteiger partial charge in [0.1, 0.15) is 0 Å². The summed E-state index contributed by atoms with van der Waals surface area (Å²) in [7, 11) is 0. The largest absolute Gasteiger partial charge is 0.247 e. The van der Waals surface area contributed by atoms with Gasteiger partial charge in [-0.1, -0.05) is 147 Å². The van der Waals surface area contributed by atoms with E-state index in [9.17, 15) is 0 Å². The van der Waals surface area contributed by atoms with Crippen LogP contribution in [0.4, 0.5) is 0 Å². The number of nitrogens with zero attached hydrogens (tertiary/aromatic N) is 2. The number of hydrogen-bond donors (Lipinski definition) is 0. The summed E-state index contributed by atoms with van der Waals surface area (Å²) in [6.07, 6.45) is 0. The molecule has 1 aliphatic carbocycles. The molecule has 10 aromatic rings. The Labute approximate surface area is 295 Å². The Morgan fingerprint density at radius 3 is 1.76 bits per heavy atom. The summed E-state index contributed by atoms with van der Waals surface area (Å²) in [6.45, 7) is 4.71. The number of fused-ring (bicyclic) bond motifs is 12. The minimum Gasteiger partial charge on any atom is -0.247 e. The van der Waals surface area contributed by atoms with Crippen LogP contribution in [0.1, 0.15) is 25.0 Å². The Hall–Kier alpha value is -6.38. The van der Waals surface area contributed by atoms with Gasteiger partial charge in [-0.25, -0.2) is 9.97 Å². The smallest absolute Gasteiger partial charge is 0.0794 e. The van der Waals surface area contributed by atoms with Crippen LogP contribution < -0.4 is 0 Å². The van der Waals surface area contributed by atoms with E-state index in [-0.39, 0.29) is 5.41 Å². The Bertz CT molecular complexity index is 3020. The van der Waals surface area contributed by atoms with Gasteiger partial charge >= 0.3 is 0 Å². The van der Waals surface area contributed by atoms with E-state index < -0.39 is 0 Å². The highest BCUT2D eigenvalue weighted by Gasteiger charge is 2.36. The van der Waals surface area contributed by atoms with Gasteiger partial charge in [0.05, 0.1) is 22.2 Å². The first-order valence-corrected chi connectivity index (χ1v) is 17.8. The molecule has 1 aliphatic rings. The molecule has 2 nitrogen and oxygen atoms in total. The van der Waals surface area contributed by atoms with Crippen molar-refractivity contribution in [1.82, 2.24) is 9.97 Å². The summed E-state index contributed by atoms with van der Waals surface area (Å²) in [6, 6.07) is 57.5. The van der Waals surface area contributed by atoms with E-state index in [2.05, 4.69) is 172 Å². The molecular formula is C49H32N2. The third-order valence-corrected chi connectivity index (χ3v) is 11.4. The average Bonchev–Trinajstić information content (AvgIpc) is 3.41. The molecule has 2 heterocycles. The van der Waals surface area contributed by atoms with Crippen molar-refractivity contribution in [2.45, 2.75) is 19.3 Å². The van der Waals surface area contributed by atoms with Gasteiger partial charge in [-0.2, -0.15) is 0 Å². The Morgan fingerprint density at radius 1 is 0.392 bits per heavy atom. The highest BCUT2D eigenvalue weighted by atomic mass is 14.7. The van der Waals surface area contributed by atoms with Crippen molar-refractivity contribution < 1.29 is 0 Å². The van der Waals surface area contributed by atoms with Crippen molar-refractivity contribution in [3.8, 4) is 33.5 Å². The van der Waals surface area contributed by atoms with E-state index in [1.54, 1.807) is 0 Å². The Morgan fingerprint density at radius 2 is 1.02 bits per heavy atom. The van der Waals surface area contributed by atoms with Gasteiger partial charge in [0.2, 0.25) is 0 Å². The van der Waals surface area contributed by atoms with E-state index in [0.29, 0.717) is 0 Å². The fourth-order valence-corrected chi connectivity index (χ4v) is 8.91. The first-order chi connectivity index (χ1) is 25.0. The van der Waals surface area contributed by atoms with Crippen molar-refractivity contribution >= 4 is 65.0 Å². The SMILES string of the molecule is CC1(C)c2ccccc2-c2cc3c(cc21)c(-c1cccc(-c2c4ccc5ccccc5c4nc4c2ccc2ccccc24)c1)nc1ccccc13. The standard InChI is InChI=1S/C49H32N2/c1-49(2)42-20-9-7-18-35(42)40-27-39-36-19-8-10-21-44(36)50-46(41(39)28-43(40)49)32-15-11-14-31(26-32)45-37-24-22-29-12-3-5-16-33(29)47(37)51-48-34-17-6-4-13-30(34)23-25-38(45)48/h3-28H,1-2H3. The lowest BCUT2D eigenvalue weighted by Gasteiger charge is -2.22. The first kappa shape index (κ1) is 28.5. The van der Waals surface area contributed by atoms with Crippen molar-refractivity contribution in [3.63, 3.8) is 0 Å². The van der Waals surface area contributed by atoms with Crippen LogP contribution in [0, 0.1) is 0 Å². The molecule has 8 aromatic carbocycles. The van der Waals surface area contributed by atoms with Gasteiger partial charge in [-0.3, -0.25) is 0 Å². The summed E-state index contributed by atoms with van der Waals surface area (Å²) in [4.78, 5) is 10.9. The van der Waals surface area contributed by atoms with Gasteiger partial charge in [0.25, 0.3) is 0 Å². The third kappa shape index (κ3) is 3.99. The summed E-state index contributed by atoms with van der Waals surface area (Å²) in [5.74, 6) is 0. The van der Waals surface area contributed by atoms with Gasteiger partial charge in [-0.15, -0.1) is 0 Å². The Balaban J connectivity index is 1.22. The second-order valence-electron chi connectivity index (χ2n) is 14.5. The summed E-state index contributed by atoms with van der Waals surface area (Å²) >= 11 is 0. The second-order valence-corrected chi connectivity index (χ2v) is 14.5. The lowest BCUT2D eigenvalue weighted by Crippen LogP contribution is -2.14. The van der Waals surface area contributed by atoms with Gasteiger partial charge in [0.15, 0.2) is 0 Å². The molecule has 0 amide bonds. The predicted molar refractivity (Wildman–Crippen MR) is 216 cm³/mol. The zero-order chi connectivity index (χ0) is 33.8. The molecule has 0 saturated carbocycles. The molecule has 2 aromatic heterocycles. The minimum atomic E-state index is -0.106. The van der Waals surface area contributed by atoms with Crippen molar-refractivity contribution in [1.29, 1.82) is 0 Å². The molecule has 0 aliphatic heterocycles. The van der Waals surface area contributed by atoms with Crippen LogP contribution >= 0.6 is 0 Å². The van der Waals surface area contributed by atoms with Gasteiger partial charge in [0, 0.05) is 48.9 Å². The number of rotatable bonds is 2. The fourth-order valence-electron chi connectivity index (χ4n) is 8.91. The molecule has 2 heteroatoms. The molecule has 0 fully saturated rings. The highest BCUT2D eigenvalue weighted by Crippen LogP contribution is 2.51. The van der Waals surface area contributed by atoms with Gasteiger partial charge < -0.3 is 0 Å². The zero-order valence-electron chi connectivity index (χ0n) is 28.4. The van der Waals surface area contributed by atoms with E-state index in [4.69, 9.17) is 9.97 Å². The van der Waals surface area contributed by atoms with Crippen molar-refractivity contribution in [2.75, 3.05) is 0 Å². The average molecular weight is 649 g/mol. The third-order valence-electron chi connectivity index (χ3n) is 11.4. The maximum Gasteiger partial charge on any atom is 0.0794 e. The highest BCUT2D eigenvalue weighted by molar-refractivity contribution is 6.21. The van der Waals surface area contributed by atoms with E-state index in [1.165, 1.54) is 65.5 Å². The number of aromatic nitrogens is 2. The number of benzene rings is 8. The van der Waals surface area contributed by atoms with Crippen LogP contribution in [0.15, 0.2) is 158 Å².